The largest absolute Gasteiger partial charge is 0.381 e. The van der Waals surface area contributed by atoms with E-state index in [1.165, 1.54) is 5.56 Å². The number of nitrogens with one attached hydrogen (secondary N) is 2. The molecule has 0 unspecified atom stereocenters. The van der Waals surface area contributed by atoms with Crippen molar-refractivity contribution < 1.29 is 9.53 Å². The number of carbonyl (C=O) groups is 1. The number of fused-ring (bicyclic) bond motifs is 1. The molecular formula is C24H29N7O2. The minimum atomic E-state index is -0.118. The van der Waals surface area contributed by atoms with Crippen LogP contribution in [0.2, 0.25) is 0 Å². The van der Waals surface area contributed by atoms with Crippen LogP contribution in [0.15, 0.2) is 24.5 Å². The summed E-state index contributed by atoms with van der Waals surface area (Å²) in [4.78, 5) is 20.0. The fourth-order valence-corrected chi connectivity index (χ4v) is 5.37. The summed E-state index contributed by atoms with van der Waals surface area (Å²) >= 11 is 0. The second-order valence-electron chi connectivity index (χ2n) is 9.78. The Kier molecular flexibility index (Phi) is 4.76. The number of aryl methyl sites for hydroxylation is 2. The number of hydrogen-bond donors (Lipinski definition) is 2. The van der Waals surface area contributed by atoms with Gasteiger partial charge in [-0.05, 0) is 50.3 Å². The Morgan fingerprint density at radius 1 is 1.33 bits per heavy atom. The molecule has 172 valence electrons. The molecule has 3 aromatic heterocycles. The summed E-state index contributed by atoms with van der Waals surface area (Å²) in [6, 6.07) is 4.16. The third-order valence-corrected chi connectivity index (χ3v) is 7.39. The van der Waals surface area contributed by atoms with Gasteiger partial charge in [0.15, 0.2) is 0 Å². The first-order chi connectivity index (χ1) is 16.0. The van der Waals surface area contributed by atoms with Crippen molar-refractivity contribution in [2.75, 3.05) is 31.2 Å². The summed E-state index contributed by atoms with van der Waals surface area (Å²) in [6.45, 7) is 8.44. The zero-order chi connectivity index (χ0) is 22.6. The average Bonchev–Trinajstić information content (AvgIpc) is 3.55. The molecule has 0 saturated carbocycles. The molecule has 33 heavy (non-hydrogen) atoms. The normalized spacial score (nSPS) is 20.8. The van der Waals surface area contributed by atoms with Gasteiger partial charge in [0, 0.05) is 42.7 Å². The van der Waals surface area contributed by atoms with Crippen LogP contribution in [0.3, 0.4) is 0 Å². The van der Waals surface area contributed by atoms with Crippen LogP contribution in [0.4, 0.5) is 5.82 Å². The molecule has 0 aromatic carbocycles. The Labute approximate surface area is 192 Å². The van der Waals surface area contributed by atoms with Crippen molar-refractivity contribution >= 4 is 11.7 Å². The van der Waals surface area contributed by atoms with Crippen LogP contribution >= 0.6 is 0 Å². The Morgan fingerprint density at radius 3 is 3.00 bits per heavy atom. The number of hydrogen-bond acceptors (Lipinski definition) is 6. The molecule has 2 saturated heterocycles. The molecule has 1 aliphatic carbocycles. The van der Waals surface area contributed by atoms with E-state index < -0.39 is 0 Å². The monoisotopic (exact) mass is 447 g/mol. The van der Waals surface area contributed by atoms with Crippen molar-refractivity contribution in [1.82, 2.24) is 30.3 Å². The molecule has 3 aliphatic rings. The number of aromatic nitrogens is 5. The lowest BCUT2D eigenvalue weighted by Crippen LogP contribution is -2.57. The maximum atomic E-state index is 12.8. The van der Waals surface area contributed by atoms with E-state index in [0.29, 0.717) is 17.5 Å². The molecule has 9 heteroatoms. The first kappa shape index (κ1) is 20.4. The van der Waals surface area contributed by atoms with E-state index in [1.54, 1.807) is 17.1 Å². The SMILES string of the molecule is Cc1nc(N2CC3(CCOC3)C2)ccc1Cn1cc(C(=O)N[C@@H]2CCc3c2n[nH]c3C)cn1. The summed E-state index contributed by atoms with van der Waals surface area (Å²) < 4.78 is 7.38. The molecule has 0 radical (unpaired) electrons. The standard InChI is InChI=1S/C24H29N7O2/c1-15-17(3-6-21(26-15)30-12-24(13-30)7-8-33-14-24)10-31-11-18(9-25-31)23(32)27-20-5-4-19-16(2)28-29-22(19)20/h3,6,9,11,20H,4-5,7-8,10,12-14H2,1-2H3,(H,27,32)(H,28,29)/t20-/m1/s1. The molecule has 2 N–H and O–H groups in total. The van der Waals surface area contributed by atoms with Crippen molar-refractivity contribution in [3.63, 3.8) is 0 Å². The third-order valence-electron chi connectivity index (χ3n) is 7.39. The smallest absolute Gasteiger partial charge is 0.255 e. The fraction of sp³-hybridized carbons (Fsp3) is 0.500. The lowest BCUT2D eigenvalue weighted by atomic mass is 9.79. The number of H-pyrrole nitrogens is 1. The Bertz CT molecular complexity index is 1200. The predicted molar refractivity (Wildman–Crippen MR) is 122 cm³/mol. The van der Waals surface area contributed by atoms with E-state index >= 15 is 0 Å². The molecule has 2 fully saturated rings. The van der Waals surface area contributed by atoms with Gasteiger partial charge in [0.25, 0.3) is 5.91 Å². The molecule has 5 heterocycles. The molecule has 3 aromatic rings. The highest BCUT2D eigenvalue weighted by Crippen LogP contribution is 2.40. The Hall–Kier alpha value is -3.20. The minimum absolute atomic E-state index is 0.0452. The van der Waals surface area contributed by atoms with E-state index in [9.17, 15) is 4.79 Å². The fourth-order valence-electron chi connectivity index (χ4n) is 5.37. The molecule has 1 atom stereocenters. The highest BCUT2D eigenvalue weighted by molar-refractivity contribution is 5.94. The van der Waals surface area contributed by atoms with E-state index in [1.807, 2.05) is 13.8 Å². The van der Waals surface area contributed by atoms with Crippen molar-refractivity contribution in [3.8, 4) is 0 Å². The number of amides is 1. The number of carbonyl (C=O) groups excluding carboxylic acids is 1. The van der Waals surface area contributed by atoms with Crippen molar-refractivity contribution in [2.45, 2.75) is 45.7 Å². The molecule has 0 bridgehead atoms. The summed E-state index contributed by atoms with van der Waals surface area (Å²) in [7, 11) is 0. The van der Waals surface area contributed by atoms with Gasteiger partial charge < -0.3 is 15.0 Å². The van der Waals surface area contributed by atoms with Gasteiger partial charge >= 0.3 is 0 Å². The molecule has 6 rings (SSSR count). The average molecular weight is 448 g/mol. The number of nitrogens with zero attached hydrogens (tertiary/aromatic N) is 5. The number of rotatable bonds is 5. The first-order valence-electron chi connectivity index (χ1n) is 11.7. The lowest BCUT2D eigenvalue weighted by molar-refractivity contribution is 0.0936. The van der Waals surface area contributed by atoms with Crippen LogP contribution in [0.5, 0.6) is 0 Å². The van der Waals surface area contributed by atoms with Gasteiger partial charge in [-0.15, -0.1) is 0 Å². The van der Waals surface area contributed by atoms with Crippen LogP contribution in [0.25, 0.3) is 0 Å². The van der Waals surface area contributed by atoms with Crippen LogP contribution in [0.1, 0.15) is 57.5 Å². The Morgan fingerprint density at radius 2 is 2.21 bits per heavy atom. The topological polar surface area (TPSA) is 101 Å². The summed E-state index contributed by atoms with van der Waals surface area (Å²) in [5.41, 5.74) is 6.27. The molecular weight excluding hydrogens is 418 g/mol. The van der Waals surface area contributed by atoms with Gasteiger partial charge in [0.2, 0.25) is 0 Å². The highest BCUT2D eigenvalue weighted by atomic mass is 16.5. The summed E-state index contributed by atoms with van der Waals surface area (Å²) in [5.74, 6) is 0.909. The highest BCUT2D eigenvalue weighted by Gasteiger charge is 2.46. The summed E-state index contributed by atoms with van der Waals surface area (Å²) in [5, 5.41) is 14.9. The second kappa shape index (κ2) is 7.69. The van der Waals surface area contributed by atoms with Crippen molar-refractivity contribution in [2.24, 2.45) is 5.41 Å². The number of ether oxygens (including phenoxy) is 1. The zero-order valence-corrected chi connectivity index (χ0v) is 19.1. The third kappa shape index (κ3) is 3.60. The van der Waals surface area contributed by atoms with Gasteiger partial charge in [-0.1, -0.05) is 6.07 Å². The van der Waals surface area contributed by atoms with Gasteiger partial charge in [-0.3, -0.25) is 14.6 Å². The van der Waals surface area contributed by atoms with Crippen LogP contribution in [0, 0.1) is 19.3 Å². The van der Waals surface area contributed by atoms with Gasteiger partial charge in [0.05, 0.1) is 36.6 Å². The maximum absolute atomic E-state index is 12.8. The molecule has 1 spiro atoms. The predicted octanol–water partition coefficient (Wildman–Crippen LogP) is 2.31. The van der Waals surface area contributed by atoms with Gasteiger partial charge in [-0.25, -0.2) is 4.98 Å². The van der Waals surface area contributed by atoms with Crippen molar-refractivity contribution in [1.29, 1.82) is 0 Å². The van der Waals surface area contributed by atoms with E-state index in [-0.39, 0.29) is 11.9 Å². The Balaban J connectivity index is 1.09. The van der Waals surface area contributed by atoms with Crippen LogP contribution in [-0.2, 0) is 17.7 Å². The van der Waals surface area contributed by atoms with Crippen molar-refractivity contribution in [3.05, 3.63) is 58.3 Å². The first-order valence-corrected chi connectivity index (χ1v) is 11.7. The number of anilines is 1. The number of pyridine rings is 1. The van der Waals surface area contributed by atoms with Gasteiger partial charge in [-0.2, -0.15) is 10.2 Å². The summed E-state index contributed by atoms with van der Waals surface area (Å²) in [6.07, 6.45) is 6.40. The van der Waals surface area contributed by atoms with Crippen LogP contribution in [-0.4, -0.2) is 57.2 Å². The quantitative estimate of drug-likeness (QED) is 0.623. The van der Waals surface area contributed by atoms with E-state index in [0.717, 1.165) is 74.0 Å². The lowest BCUT2D eigenvalue weighted by Gasteiger charge is -2.48. The molecule has 9 nitrogen and oxygen atoms in total. The zero-order valence-electron chi connectivity index (χ0n) is 19.1. The molecule has 1 amide bonds. The van der Waals surface area contributed by atoms with Crippen LogP contribution < -0.4 is 10.2 Å². The van der Waals surface area contributed by atoms with E-state index in [2.05, 4.69) is 37.6 Å². The maximum Gasteiger partial charge on any atom is 0.255 e. The minimum Gasteiger partial charge on any atom is -0.381 e. The molecule has 2 aliphatic heterocycles. The number of aromatic amines is 1. The van der Waals surface area contributed by atoms with E-state index in [4.69, 9.17) is 9.72 Å². The van der Waals surface area contributed by atoms with Gasteiger partial charge in [0.1, 0.15) is 5.82 Å². The second-order valence-corrected chi connectivity index (χ2v) is 9.78.